The van der Waals surface area contributed by atoms with Crippen LogP contribution in [0.2, 0.25) is 0 Å². The van der Waals surface area contributed by atoms with Crippen LogP contribution in [0.5, 0.6) is 5.75 Å². The van der Waals surface area contributed by atoms with Crippen LogP contribution in [0.1, 0.15) is 78.2 Å². The topological polar surface area (TPSA) is 47.6 Å². The second kappa shape index (κ2) is 17.5. The molecule has 0 saturated heterocycles. The lowest BCUT2D eigenvalue weighted by molar-refractivity contribution is -0.122. The number of ether oxygens (including phenoxy) is 2. The third-order valence-corrected chi connectivity index (χ3v) is 4.30. The van der Waals surface area contributed by atoms with Crippen LogP contribution in [0.3, 0.4) is 0 Å². The van der Waals surface area contributed by atoms with Gasteiger partial charge in [0, 0.05) is 25.1 Å². The van der Waals surface area contributed by atoms with Gasteiger partial charge in [-0.1, -0.05) is 53.0 Å². The van der Waals surface area contributed by atoms with E-state index in [0.29, 0.717) is 44.5 Å². The highest BCUT2D eigenvalue weighted by Crippen LogP contribution is 2.19. The molecule has 1 saturated carbocycles. The zero-order valence-corrected chi connectivity index (χ0v) is 18.5. The number of amides is 1. The molecule has 1 aromatic carbocycles. The van der Waals surface area contributed by atoms with Crippen molar-refractivity contribution in [1.29, 1.82) is 0 Å². The number of nitrogens with one attached hydrogen (secondary N) is 1. The lowest BCUT2D eigenvalue weighted by atomic mass is 9.95. The van der Waals surface area contributed by atoms with Crippen LogP contribution in [0, 0.1) is 12.7 Å². The van der Waals surface area contributed by atoms with Crippen molar-refractivity contribution >= 4 is 5.91 Å². The van der Waals surface area contributed by atoms with Crippen molar-refractivity contribution in [2.24, 2.45) is 0 Å². The van der Waals surface area contributed by atoms with Gasteiger partial charge in [-0.15, -0.1) is 0 Å². The molecule has 1 aromatic rings. The molecule has 2 rings (SSSR count). The molecule has 0 aliphatic heterocycles. The normalized spacial score (nSPS) is 13.5. The summed E-state index contributed by atoms with van der Waals surface area (Å²) < 4.78 is 24.1. The van der Waals surface area contributed by atoms with E-state index >= 15 is 0 Å². The van der Waals surface area contributed by atoms with E-state index in [-0.39, 0.29) is 11.7 Å². The first kappa shape index (κ1) is 26.4. The van der Waals surface area contributed by atoms with E-state index in [2.05, 4.69) is 5.32 Å². The molecule has 162 valence electrons. The molecule has 0 bridgehead atoms. The summed E-state index contributed by atoms with van der Waals surface area (Å²) in [6.07, 6.45) is 7.16. The van der Waals surface area contributed by atoms with Gasteiger partial charge < -0.3 is 14.8 Å². The fourth-order valence-electron chi connectivity index (χ4n) is 2.92. The molecule has 5 heteroatoms. The minimum atomic E-state index is -0.305. The number of rotatable bonds is 9. The summed E-state index contributed by atoms with van der Waals surface area (Å²) >= 11 is 0. The monoisotopic (exact) mass is 397 g/mol. The van der Waals surface area contributed by atoms with Crippen molar-refractivity contribution in [3.63, 3.8) is 0 Å². The summed E-state index contributed by atoms with van der Waals surface area (Å²) in [5.41, 5.74) is 0.899. The highest BCUT2D eigenvalue weighted by atomic mass is 19.1. The molecule has 1 amide bonds. The number of benzene rings is 1. The Morgan fingerprint density at radius 3 is 2.43 bits per heavy atom. The zero-order valence-electron chi connectivity index (χ0n) is 18.5. The van der Waals surface area contributed by atoms with Gasteiger partial charge in [0.25, 0.3) is 0 Å². The molecule has 4 nitrogen and oxygen atoms in total. The average molecular weight is 398 g/mol. The predicted molar refractivity (Wildman–Crippen MR) is 114 cm³/mol. The van der Waals surface area contributed by atoms with Crippen molar-refractivity contribution in [3.8, 4) is 5.75 Å². The fourth-order valence-corrected chi connectivity index (χ4v) is 2.92. The number of aryl methyl sites for hydroxylation is 1. The molecule has 1 N–H and O–H groups in total. The van der Waals surface area contributed by atoms with Crippen LogP contribution in [-0.2, 0) is 9.53 Å². The van der Waals surface area contributed by atoms with Gasteiger partial charge in [0.1, 0.15) is 18.2 Å². The van der Waals surface area contributed by atoms with Crippen molar-refractivity contribution in [2.45, 2.75) is 85.6 Å². The number of halogens is 1. The van der Waals surface area contributed by atoms with Gasteiger partial charge in [-0.2, -0.15) is 0 Å². The Morgan fingerprint density at radius 2 is 1.75 bits per heavy atom. The Bertz CT molecular complexity index is 517. The van der Waals surface area contributed by atoms with E-state index in [4.69, 9.17) is 9.47 Å². The van der Waals surface area contributed by atoms with Gasteiger partial charge in [-0.05, 0) is 37.8 Å². The minimum absolute atomic E-state index is 0.122. The quantitative estimate of drug-likeness (QED) is 0.535. The summed E-state index contributed by atoms with van der Waals surface area (Å²) in [5.74, 6) is 0.364. The van der Waals surface area contributed by atoms with E-state index in [0.717, 1.165) is 18.4 Å². The highest BCUT2D eigenvalue weighted by Gasteiger charge is 2.15. The van der Waals surface area contributed by atoms with Crippen LogP contribution >= 0.6 is 0 Å². The molecule has 0 radical (unpaired) electrons. The standard InChI is InChI=1S/C19H28FNO3.2C2H6/c1-15-9-10-16(20)14-18(15)24-13-12-23-11-5-8-19(22)21-17-6-3-2-4-7-17;2*1-2/h9-10,14,17H,2-8,11-13H2,1H3,(H,21,22);2*1-2H3. The van der Waals surface area contributed by atoms with Crippen molar-refractivity contribution in [1.82, 2.24) is 5.32 Å². The summed E-state index contributed by atoms with van der Waals surface area (Å²) in [6, 6.07) is 4.86. The van der Waals surface area contributed by atoms with Gasteiger partial charge >= 0.3 is 0 Å². The average Bonchev–Trinajstić information content (AvgIpc) is 2.73. The van der Waals surface area contributed by atoms with Crippen LogP contribution in [-0.4, -0.2) is 31.8 Å². The van der Waals surface area contributed by atoms with E-state index < -0.39 is 0 Å². The van der Waals surface area contributed by atoms with E-state index in [1.165, 1.54) is 31.4 Å². The molecule has 0 heterocycles. The molecule has 1 aliphatic rings. The van der Waals surface area contributed by atoms with Crippen LogP contribution in [0.4, 0.5) is 4.39 Å². The molecule has 0 aromatic heterocycles. The van der Waals surface area contributed by atoms with Gasteiger partial charge in [0.05, 0.1) is 6.61 Å². The molecule has 1 fully saturated rings. The largest absolute Gasteiger partial charge is 0.491 e. The molecule has 0 spiro atoms. The Hall–Kier alpha value is -1.62. The van der Waals surface area contributed by atoms with Gasteiger partial charge in [0.2, 0.25) is 5.91 Å². The third-order valence-electron chi connectivity index (χ3n) is 4.30. The van der Waals surface area contributed by atoms with Crippen LogP contribution < -0.4 is 10.1 Å². The van der Waals surface area contributed by atoms with Crippen LogP contribution in [0.15, 0.2) is 18.2 Å². The minimum Gasteiger partial charge on any atom is -0.491 e. The Kier molecular flexibility index (Phi) is 16.5. The SMILES string of the molecule is CC.CC.Cc1ccc(F)cc1OCCOCCCC(=O)NC1CCCCC1. The van der Waals surface area contributed by atoms with Gasteiger partial charge in [0.15, 0.2) is 0 Å². The second-order valence-electron chi connectivity index (χ2n) is 6.38. The van der Waals surface area contributed by atoms with E-state index in [1.54, 1.807) is 6.07 Å². The lowest BCUT2D eigenvalue weighted by Crippen LogP contribution is -2.36. The summed E-state index contributed by atoms with van der Waals surface area (Å²) in [7, 11) is 0. The maximum absolute atomic E-state index is 13.1. The smallest absolute Gasteiger partial charge is 0.220 e. The second-order valence-corrected chi connectivity index (χ2v) is 6.38. The zero-order chi connectivity index (χ0) is 21.2. The van der Waals surface area contributed by atoms with Crippen molar-refractivity contribution in [2.75, 3.05) is 19.8 Å². The molecular formula is C23H40FNO3. The van der Waals surface area contributed by atoms with Gasteiger partial charge in [-0.25, -0.2) is 4.39 Å². The van der Waals surface area contributed by atoms with Gasteiger partial charge in [-0.3, -0.25) is 4.79 Å². The summed E-state index contributed by atoms with van der Waals surface area (Å²) in [4.78, 5) is 11.8. The predicted octanol–water partition coefficient (Wildman–Crippen LogP) is 5.81. The first-order valence-corrected chi connectivity index (χ1v) is 10.9. The van der Waals surface area contributed by atoms with Crippen molar-refractivity contribution < 1.29 is 18.7 Å². The Labute approximate surface area is 171 Å². The number of carbonyl (C=O) groups is 1. The number of hydrogen-bond donors (Lipinski definition) is 1. The first-order chi connectivity index (χ1) is 13.6. The van der Waals surface area contributed by atoms with Crippen LogP contribution in [0.25, 0.3) is 0 Å². The lowest BCUT2D eigenvalue weighted by Gasteiger charge is -2.22. The number of hydrogen-bond acceptors (Lipinski definition) is 3. The maximum Gasteiger partial charge on any atom is 0.220 e. The third kappa shape index (κ3) is 12.0. The molecular weight excluding hydrogens is 357 g/mol. The molecule has 0 unspecified atom stereocenters. The van der Waals surface area contributed by atoms with E-state index in [1.807, 2.05) is 34.6 Å². The summed E-state index contributed by atoms with van der Waals surface area (Å²) in [5, 5.41) is 3.10. The highest BCUT2D eigenvalue weighted by molar-refractivity contribution is 5.76. The molecule has 28 heavy (non-hydrogen) atoms. The Morgan fingerprint density at radius 1 is 1.07 bits per heavy atom. The summed E-state index contributed by atoms with van der Waals surface area (Å²) in [6.45, 7) is 11.2. The Balaban J connectivity index is 0.00000171. The van der Waals surface area contributed by atoms with Crippen molar-refractivity contribution in [3.05, 3.63) is 29.6 Å². The van der Waals surface area contributed by atoms with E-state index in [9.17, 15) is 9.18 Å². The molecule has 1 aliphatic carbocycles. The number of carbonyl (C=O) groups excluding carboxylic acids is 1. The maximum atomic E-state index is 13.1. The first-order valence-electron chi connectivity index (χ1n) is 10.9. The molecule has 0 atom stereocenters. The fraction of sp³-hybridized carbons (Fsp3) is 0.696.